The molecule has 0 atom stereocenters. The number of amides is 1. The van der Waals surface area contributed by atoms with Crippen LogP contribution in [0, 0.1) is 6.92 Å². The summed E-state index contributed by atoms with van der Waals surface area (Å²) in [5.41, 5.74) is 6.29. The second-order valence-electron chi connectivity index (χ2n) is 9.09. The number of hydrogen-bond acceptors (Lipinski definition) is 3. The number of aromatic amines is 1. The van der Waals surface area contributed by atoms with Crippen molar-refractivity contribution in [3.8, 4) is 0 Å². The summed E-state index contributed by atoms with van der Waals surface area (Å²) in [6.45, 7) is 9.09. The number of aromatic nitrogens is 1. The summed E-state index contributed by atoms with van der Waals surface area (Å²) in [6.07, 6.45) is 5.34. The summed E-state index contributed by atoms with van der Waals surface area (Å²) >= 11 is 0. The van der Waals surface area contributed by atoms with Gasteiger partial charge in [0.25, 0.3) is 0 Å². The number of carbonyl (C=O) groups is 1. The molecule has 1 N–H and O–H groups in total. The van der Waals surface area contributed by atoms with Crippen LogP contribution in [0.3, 0.4) is 0 Å². The zero-order valence-electron chi connectivity index (χ0n) is 18.9. The van der Waals surface area contributed by atoms with E-state index < -0.39 is 0 Å². The van der Waals surface area contributed by atoms with Crippen molar-refractivity contribution in [1.82, 2.24) is 19.7 Å². The van der Waals surface area contributed by atoms with Gasteiger partial charge >= 0.3 is 0 Å². The molecule has 1 saturated heterocycles. The summed E-state index contributed by atoms with van der Waals surface area (Å²) < 4.78 is 0. The van der Waals surface area contributed by atoms with Gasteiger partial charge in [0.15, 0.2) is 0 Å². The lowest BCUT2D eigenvalue weighted by Crippen LogP contribution is -2.50. The number of aryl methyl sites for hydroxylation is 1. The minimum Gasteiger partial charge on any atom is -0.358 e. The highest BCUT2D eigenvalue weighted by Crippen LogP contribution is 2.28. The lowest BCUT2D eigenvalue weighted by molar-refractivity contribution is -0.133. The van der Waals surface area contributed by atoms with E-state index in [1.165, 1.54) is 33.3 Å². The van der Waals surface area contributed by atoms with E-state index in [1.54, 1.807) is 0 Å². The summed E-state index contributed by atoms with van der Waals surface area (Å²) in [5, 5.41) is 1.27. The van der Waals surface area contributed by atoms with E-state index in [-0.39, 0.29) is 5.91 Å². The third-order valence-electron chi connectivity index (χ3n) is 6.78. The summed E-state index contributed by atoms with van der Waals surface area (Å²) in [7, 11) is 0. The fourth-order valence-electron chi connectivity index (χ4n) is 4.86. The minimum atomic E-state index is 0.259. The van der Waals surface area contributed by atoms with Gasteiger partial charge in [0.1, 0.15) is 0 Å². The molecule has 1 amide bonds. The van der Waals surface area contributed by atoms with Crippen molar-refractivity contribution >= 4 is 22.9 Å². The summed E-state index contributed by atoms with van der Waals surface area (Å²) in [5.74, 6) is 0.259. The Hall–Kier alpha value is -2.89. The van der Waals surface area contributed by atoms with Gasteiger partial charge in [-0.15, -0.1) is 0 Å². The number of benzene rings is 2. The third-order valence-corrected chi connectivity index (χ3v) is 6.78. The standard InChI is InChI=1S/C27H32N4O/c1-21-9-10-25-23(18-21)24-19-31(13-11-26(24)28-25)27(32)20-30-16-14-29(15-17-30)12-5-8-22-6-3-2-4-7-22/h2-10,18,28H,11-17,19-20H2,1H3. The molecule has 3 aromatic rings. The fourth-order valence-corrected chi connectivity index (χ4v) is 4.86. The van der Waals surface area contributed by atoms with Crippen molar-refractivity contribution in [3.05, 3.63) is 77.0 Å². The van der Waals surface area contributed by atoms with Gasteiger partial charge in [0.2, 0.25) is 5.91 Å². The van der Waals surface area contributed by atoms with Gasteiger partial charge in [0, 0.05) is 74.4 Å². The third kappa shape index (κ3) is 4.64. The second kappa shape index (κ2) is 9.31. The van der Waals surface area contributed by atoms with Gasteiger partial charge in [-0.25, -0.2) is 0 Å². The van der Waals surface area contributed by atoms with Crippen molar-refractivity contribution in [3.63, 3.8) is 0 Å². The van der Waals surface area contributed by atoms with Crippen molar-refractivity contribution in [2.75, 3.05) is 45.8 Å². The van der Waals surface area contributed by atoms with E-state index in [4.69, 9.17) is 0 Å². The molecule has 32 heavy (non-hydrogen) atoms. The maximum absolute atomic E-state index is 13.1. The fraction of sp³-hybridized carbons (Fsp3) is 0.370. The molecule has 3 heterocycles. The maximum Gasteiger partial charge on any atom is 0.237 e. The van der Waals surface area contributed by atoms with Crippen molar-refractivity contribution < 1.29 is 4.79 Å². The summed E-state index contributed by atoms with van der Waals surface area (Å²) in [6, 6.07) is 17.0. The molecule has 2 aliphatic rings. The van der Waals surface area contributed by atoms with Crippen molar-refractivity contribution in [2.24, 2.45) is 0 Å². The Balaban J connectivity index is 1.12. The molecular weight excluding hydrogens is 396 g/mol. The first-order valence-electron chi connectivity index (χ1n) is 11.7. The minimum absolute atomic E-state index is 0.259. The molecule has 2 aromatic carbocycles. The number of nitrogens with one attached hydrogen (secondary N) is 1. The van der Waals surface area contributed by atoms with Crippen LogP contribution in [0.25, 0.3) is 17.0 Å². The van der Waals surface area contributed by atoms with Crippen LogP contribution < -0.4 is 0 Å². The van der Waals surface area contributed by atoms with Gasteiger partial charge in [-0.1, -0.05) is 54.1 Å². The highest BCUT2D eigenvalue weighted by molar-refractivity contribution is 5.87. The molecule has 0 saturated carbocycles. The molecule has 0 unspecified atom stereocenters. The van der Waals surface area contributed by atoms with Crippen LogP contribution in [0.4, 0.5) is 0 Å². The molecule has 1 aromatic heterocycles. The highest BCUT2D eigenvalue weighted by atomic mass is 16.2. The van der Waals surface area contributed by atoms with Crippen LogP contribution in [0.5, 0.6) is 0 Å². The number of piperazine rings is 1. The van der Waals surface area contributed by atoms with Crippen LogP contribution in [0.15, 0.2) is 54.6 Å². The molecular formula is C27H32N4O. The number of H-pyrrole nitrogens is 1. The van der Waals surface area contributed by atoms with E-state index in [0.717, 1.165) is 52.2 Å². The molecule has 166 valence electrons. The molecule has 0 aliphatic carbocycles. The normalized spacial score (nSPS) is 17.8. The van der Waals surface area contributed by atoms with E-state index in [2.05, 4.69) is 76.3 Å². The molecule has 0 spiro atoms. The Morgan fingerprint density at radius 3 is 2.59 bits per heavy atom. The van der Waals surface area contributed by atoms with Crippen LogP contribution in [0.2, 0.25) is 0 Å². The predicted molar refractivity (Wildman–Crippen MR) is 131 cm³/mol. The van der Waals surface area contributed by atoms with Crippen molar-refractivity contribution in [1.29, 1.82) is 0 Å². The Bertz CT molecular complexity index is 1110. The molecule has 5 rings (SSSR count). The van der Waals surface area contributed by atoms with E-state index in [9.17, 15) is 4.79 Å². The Morgan fingerprint density at radius 2 is 1.78 bits per heavy atom. The lowest BCUT2D eigenvalue weighted by Gasteiger charge is -2.35. The zero-order chi connectivity index (χ0) is 21.9. The molecule has 0 radical (unpaired) electrons. The van der Waals surface area contributed by atoms with Gasteiger partial charge < -0.3 is 9.88 Å². The number of nitrogens with zero attached hydrogens (tertiary/aromatic N) is 3. The lowest BCUT2D eigenvalue weighted by atomic mass is 10.0. The van der Waals surface area contributed by atoms with Crippen LogP contribution in [-0.4, -0.2) is 71.4 Å². The van der Waals surface area contributed by atoms with Gasteiger partial charge in [-0.2, -0.15) is 0 Å². The van der Waals surface area contributed by atoms with Crippen molar-refractivity contribution in [2.45, 2.75) is 19.9 Å². The smallest absolute Gasteiger partial charge is 0.237 e. The number of rotatable bonds is 5. The van der Waals surface area contributed by atoms with Crippen LogP contribution in [0.1, 0.15) is 22.4 Å². The monoisotopic (exact) mass is 428 g/mol. The molecule has 5 nitrogen and oxygen atoms in total. The maximum atomic E-state index is 13.1. The number of carbonyl (C=O) groups excluding carboxylic acids is 1. The van der Waals surface area contributed by atoms with Crippen LogP contribution in [-0.2, 0) is 17.8 Å². The Labute approximate surface area is 190 Å². The number of fused-ring (bicyclic) bond motifs is 3. The predicted octanol–water partition coefficient (Wildman–Crippen LogP) is 3.69. The Kier molecular flexibility index (Phi) is 6.10. The van der Waals surface area contributed by atoms with E-state index in [0.29, 0.717) is 6.54 Å². The zero-order valence-corrected chi connectivity index (χ0v) is 18.9. The molecule has 0 bridgehead atoms. The quantitative estimate of drug-likeness (QED) is 0.674. The molecule has 2 aliphatic heterocycles. The summed E-state index contributed by atoms with van der Waals surface area (Å²) in [4.78, 5) is 23.4. The largest absolute Gasteiger partial charge is 0.358 e. The van der Waals surface area contributed by atoms with Gasteiger partial charge in [0.05, 0.1) is 6.54 Å². The van der Waals surface area contributed by atoms with Gasteiger partial charge in [-0.3, -0.25) is 14.6 Å². The Morgan fingerprint density at radius 1 is 1.00 bits per heavy atom. The first-order valence-corrected chi connectivity index (χ1v) is 11.7. The number of hydrogen-bond donors (Lipinski definition) is 1. The highest BCUT2D eigenvalue weighted by Gasteiger charge is 2.26. The van der Waals surface area contributed by atoms with E-state index >= 15 is 0 Å². The second-order valence-corrected chi connectivity index (χ2v) is 9.09. The first kappa shape index (κ1) is 21.0. The average Bonchev–Trinajstić information content (AvgIpc) is 3.18. The molecule has 5 heteroatoms. The first-order chi connectivity index (χ1) is 15.7. The van der Waals surface area contributed by atoms with Crippen LogP contribution >= 0.6 is 0 Å². The SMILES string of the molecule is Cc1ccc2[nH]c3c(c2c1)CN(C(=O)CN1CCN(CC=Cc2ccccc2)CC1)CC3. The van der Waals surface area contributed by atoms with E-state index in [1.807, 2.05) is 11.0 Å². The molecule has 1 fully saturated rings. The van der Waals surface area contributed by atoms with Gasteiger partial charge in [-0.05, 0) is 24.6 Å². The topological polar surface area (TPSA) is 42.6 Å². The average molecular weight is 429 g/mol.